The summed E-state index contributed by atoms with van der Waals surface area (Å²) in [6.07, 6.45) is 0. The Morgan fingerprint density at radius 3 is 2.12 bits per heavy atom. The van der Waals surface area contributed by atoms with Crippen LogP contribution in [0.25, 0.3) is 64.0 Å². The summed E-state index contributed by atoms with van der Waals surface area (Å²) in [5.74, 6) is 0. The van der Waals surface area contributed by atoms with E-state index in [1.54, 1.807) is 0 Å². The Labute approximate surface area is 252 Å². The topological polar surface area (TPSA) is 16.4 Å². The van der Waals surface area contributed by atoms with Gasteiger partial charge < -0.3 is 9.32 Å². The van der Waals surface area contributed by atoms with E-state index in [1.807, 2.05) is 11.3 Å². The first-order valence-corrected chi connectivity index (χ1v) is 15.3. The smallest absolute Gasteiger partial charge is 0.143 e. The molecule has 0 aliphatic heterocycles. The molecule has 2 heterocycles. The third-order valence-corrected chi connectivity index (χ3v) is 9.57. The zero-order valence-corrected chi connectivity index (χ0v) is 24.0. The second-order valence-electron chi connectivity index (χ2n) is 10.9. The van der Waals surface area contributed by atoms with Crippen LogP contribution < -0.4 is 4.90 Å². The van der Waals surface area contributed by atoms with Crippen molar-refractivity contribution in [3.63, 3.8) is 0 Å². The van der Waals surface area contributed by atoms with E-state index in [4.69, 9.17) is 4.42 Å². The zero-order chi connectivity index (χ0) is 28.3. The van der Waals surface area contributed by atoms with Crippen molar-refractivity contribution in [1.29, 1.82) is 0 Å². The summed E-state index contributed by atoms with van der Waals surface area (Å²) in [7, 11) is 0. The summed E-state index contributed by atoms with van der Waals surface area (Å²) in [4.78, 5) is 2.36. The molecule has 0 atom stereocenters. The Morgan fingerprint density at radius 2 is 1.19 bits per heavy atom. The van der Waals surface area contributed by atoms with Gasteiger partial charge in [-0.3, -0.25) is 0 Å². The van der Waals surface area contributed by atoms with Crippen LogP contribution in [-0.2, 0) is 0 Å². The SMILES string of the molecule is c1ccc(N(c2cccc(-c3cccc4oc5c6ccccc6ccc5c34)c2)c2ccc3c(c2)sc2ccccc23)cc1. The van der Waals surface area contributed by atoms with Gasteiger partial charge in [0.1, 0.15) is 11.2 Å². The van der Waals surface area contributed by atoms with Crippen molar-refractivity contribution in [1.82, 2.24) is 0 Å². The Morgan fingerprint density at radius 1 is 0.465 bits per heavy atom. The molecule has 0 saturated heterocycles. The van der Waals surface area contributed by atoms with Crippen LogP contribution in [0.5, 0.6) is 0 Å². The largest absolute Gasteiger partial charge is 0.455 e. The first-order valence-electron chi connectivity index (χ1n) is 14.5. The molecule has 202 valence electrons. The molecule has 0 N–H and O–H groups in total. The maximum atomic E-state index is 6.50. The number of hydrogen-bond donors (Lipinski definition) is 0. The van der Waals surface area contributed by atoms with Crippen LogP contribution in [0, 0.1) is 0 Å². The van der Waals surface area contributed by atoms with E-state index in [2.05, 4.69) is 157 Å². The number of fused-ring (bicyclic) bond motifs is 8. The van der Waals surface area contributed by atoms with Crippen molar-refractivity contribution in [3.05, 3.63) is 152 Å². The Balaban J connectivity index is 1.24. The van der Waals surface area contributed by atoms with Gasteiger partial charge in [0.2, 0.25) is 0 Å². The highest BCUT2D eigenvalue weighted by Crippen LogP contribution is 2.43. The number of nitrogens with zero attached hydrogens (tertiary/aromatic N) is 1. The fraction of sp³-hybridized carbons (Fsp3) is 0. The van der Waals surface area contributed by atoms with E-state index in [-0.39, 0.29) is 0 Å². The van der Waals surface area contributed by atoms with Crippen molar-refractivity contribution < 1.29 is 4.42 Å². The predicted octanol–water partition coefficient (Wildman–Crippen LogP) is 12.2. The third kappa shape index (κ3) is 3.86. The van der Waals surface area contributed by atoms with Gasteiger partial charge in [-0.1, -0.05) is 97.1 Å². The van der Waals surface area contributed by atoms with Crippen LogP contribution in [0.1, 0.15) is 0 Å². The van der Waals surface area contributed by atoms with Gasteiger partial charge in [-0.2, -0.15) is 0 Å². The lowest BCUT2D eigenvalue weighted by atomic mass is 9.97. The lowest BCUT2D eigenvalue weighted by Gasteiger charge is -2.26. The predicted molar refractivity (Wildman–Crippen MR) is 184 cm³/mol. The van der Waals surface area contributed by atoms with Crippen LogP contribution >= 0.6 is 11.3 Å². The average Bonchev–Trinajstić information content (AvgIpc) is 3.64. The van der Waals surface area contributed by atoms with Gasteiger partial charge in [-0.15, -0.1) is 11.3 Å². The van der Waals surface area contributed by atoms with E-state index in [0.717, 1.165) is 50.0 Å². The average molecular weight is 568 g/mol. The maximum Gasteiger partial charge on any atom is 0.143 e. The second kappa shape index (κ2) is 9.59. The molecule has 0 aliphatic rings. The van der Waals surface area contributed by atoms with Crippen LogP contribution in [0.4, 0.5) is 17.1 Å². The number of anilines is 3. The monoisotopic (exact) mass is 567 g/mol. The molecule has 0 bridgehead atoms. The van der Waals surface area contributed by atoms with Crippen LogP contribution in [0.2, 0.25) is 0 Å². The molecule has 3 heteroatoms. The summed E-state index contributed by atoms with van der Waals surface area (Å²) in [5.41, 5.74) is 7.55. The van der Waals surface area contributed by atoms with Crippen molar-refractivity contribution in [3.8, 4) is 11.1 Å². The van der Waals surface area contributed by atoms with Gasteiger partial charge in [-0.25, -0.2) is 0 Å². The molecule has 7 aromatic carbocycles. The molecule has 0 saturated carbocycles. The van der Waals surface area contributed by atoms with Crippen LogP contribution in [-0.4, -0.2) is 0 Å². The van der Waals surface area contributed by atoms with Gasteiger partial charge in [0.15, 0.2) is 0 Å². The number of benzene rings is 7. The second-order valence-corrected chi connectivity index (χ2v) is 12.0. The molecule has 9 rings (SSSR count). The number of furan rings is 1. The molecule has 43 heavy (non-hydrogen) atoms. The molecule has 0 spiro atoms. The normalized spacial score (nSPS) is 11.7. The molecule has 0 aliphatic carbocycles. The molecule has 0 amide bonds. The molecular weight excluding hydrogens is 543 g/mol. The highest BCUT2D eigenvalue weighted by Gasteiger charge is 2.18. The number of rotatable bonds is 4. The first kappa shape index (κ1) is 24.2. The Bertz CT molecular complexity index is 2470. The minimum absolute atomic E-state index is 0.907. The summed E-state index contributed by atoms with van der Waals surface area (Å²) in [6, 6.07) is 54.2. The maximum absolute atomic E-state index is 6.50. The summed E-state index contributed by atoms with van der Waals surface area (Å²) in [5, 5.41) is 7.24. The van der Waals surface area contributed by atoms with Crippen molar-refractivity contribution in [2.45, 2.75) is 0 Å². The molecule has 0 fully saturated rings. The number of hydrogen-bond acceptors (Lipinski definition) is 3. The van der Waals surface area contributed by atoms with Gasteiger partial charge in [-0.05, 0) is 71.1 Å². The fourth-order valence-electron chi connectivity index (χ4n) is 6.48. The van der Waals surface area contributed by atoms with Crippen molar-refractivity contribution in [2.75, 3.05) is 4.90 Å². The van der Waals surface area contributed by atoms with Crippen LogP contribution in [0.3, 0.4) is 0 Å². The van der Waals surface area contributed by atoms with Gasteiger partial charge in [0, 0.05) is 53.4 Å². The Hall–Kier alpha value is -5.38. The van der Waals surface area contributed by atoms with Crippen molar-refractivity contribution in [2.24, 2.45) is 0 Å². The van der Waals surface area contributed by atoms with Gasteiger partial charge in [0.25, 0.3) is 0 Å². The third-order valence-electron chi connectivity index (χ3n) is 8.44. The lowest BCUT2D eigenvalue weighted by Crippen LogP contribution is -2.09. The molecule has 0 unspecified atom stereocenters. The molecular formula is C40H25NOS. The van der Waals surface area contributed by atoms with Gasteiger partial charge >= 0.3 is 0 Å². The summed E-state index contributed by atoms with van der Waals surface area (Å²) in [6.45, 7) is 0. The fourth-order valence-corrected chi connectivity index (χ4v) is 7.62. The minimum Gasteiger partial charge on any atom is -0.455 e. The van der Waals surface area contributed by atoms with E-state index < -0.39 is 0 Å². The van der Waals surface area contributed by atoms with E-state index in [1.165, 1.54) is 31.1 Å². The number of thiophene rings is 1. The van der Waals surface area contributed by atoms with Crippen molar-refractivity contribution >= 4 is 81.3 Å². The lowest BCUT2D eigenvalue weighted by molar-refractivity contribution is 0.673. The first-order chi connectivity index (χ1) is 21.3. The van der Waals surface area contributed by atoms with E-state index in [9.17, 15) is 0 Å². The van der Waals surface area contributed by atoms with E-state index >= 15 is 0 Å². The molecule has 9 aromatic rings. The quantitative estimate of drug-likeness (QED) is 0.210. The summed E-state index contributed by atoms with van der Waals surface area (Å²) < 4.78 is 9.11. The molecule has 0 radical (unpaired) electrons. The minimum atomic E-state index is 0.907. The van der Waals surface area contributed by atoms with E-state index in [0.29, 0.717) is 0 Å². The highest BCUT2D eigenvalue weighted by molar-refractivity contribution is 7.25. The van der Waals surface area contributed by atoms with Crippen LogP contribution in [0.15, 0.2) is 156 Å². The molecule has 2 nitrogen and oxygen atoms in total. The standard InChI is InChI=1S/C40H25NOS/c1-2-12-28(13-3-1)41(30-21-23-34-33-16-6-7-19-37(33)43-38(34)25-30)29-14-8-11-27(24-29)31-17-9-18-36-39(31)35-22-20-26-10-4-5-15-32(26)40(35)42-36/h1-25H. The zero-order valence-electron chi connectivity index (χ0n) is 23.2. The highest BCUT2D eigenvalue weighted by atomic mass is 32.1. The summed E-state index contributed by atoms with van der Waals surface area (Å²) >= 11 is 1.85. The molecule has 2 aromatic heterocycles. The Kier molecular flexibility index (Phi) is 5.40. The van der Waals surface area contributed by atoms with Gasteiger partial charge in [0.05, 0.1) is 0 Å². The number of para-hydroxylation sites is 1.